The Morgan fingerprint density at radius 3 is 2.46 bits per heavy atom. The van der Waals surface area contributed by atoms with Crippen molar-refractivity contribution in [2.45, 2.75) is 25.3 Å². The maximum atomic E-state index is 9.24. The molecule has 0 saturated heterocycles. The maximum absolute atomic E-state index is 9.24. The van der Waals surface area contributed by atoms with Gasteiger partial charge >= 0.3 is 0 Å². The molecule has 0 aromatic heterocycles. The van der Waals surface area contributed by atoms with Gasteiger partial charge in [0.05, 0.1) is 6.61 Å². The standard InChI is InChI=1S/C10H22N2O/c1-9-6-10(7-9,8-13)11-4-5-12(2)3/h9,11,13H,4-8H2,1-3H3. The number of nitrogens with one attached hydrogen (secondary N) is 1. The lowest BCUT2D eigenvalue weighted by atomic mass is 9.69. The second-order valence-corrected chi connectivity index (χ2v) is 4.68. The predicted molar refractivity (Wildman–Crippen MR) is 54.8 cm³/mol. The minimum absolute atomic E-state index is 0.0510. The van der Waals surface area contributed by atoms with Crippen LogP contribution < -0.4 is 5.32 Å². The molecule has 78 valence electrons. The highest BCUT2D eigenvalue weighted by Gasteiger charge is 2.40. The summed E-state index contributed by atoms with van der Waals surface area (Å²) in [6.45, 7) is 4.53. The van der Waals surface area contributed by atoms with Crippen molar-refractivity contribution in [1.29, 1.82) is 0 Å². The molecule has 13 heavy (non-hydrogen) atoms. The van der Waals surface area contributed by atoms with Crippen LogP contribution in [0, 0.1) is 5.92 Å². The molecular formula is C10H22N2O. The van der Waals surface area contributed by atoms with Crippen LogP contribution in [0.15, 0.2) is 0 Å². The Labute approximate surface area is 81.1 Å². The molecule has 0 atom stereocenters. The highest BCUT2D eigenvalue weighted by atomic mass is 16.3. The number of aliphatic hydroxyl groups excluding tert-OH is 1. The van der Waals surface area contributed by atoms with Gasteiger partial charge in [-0.1, -0.05) is 6.92 Å². The molecule has 3 heteroatoms. The van der Waals surface area contributed by atoms with Crippen molar-refractivity contribution in [2.24, 2.45) is 5.92 Å². The van der Waals surface area contributed by atoms with Crippen molar-refractivity contribution in [2.75, 3.05) is 33.8 Å². The quantitative estimate of drug-likeness (QED) is 0.648. The third kappa shape index (κ3) is 2.93. The average Bonchev–Trinajstić information content (AvgIpc) is 2.00. The van der Waals surface area contributed by atoms with E-state index in [1.54, 1.807) is 0 Å². The van der Waals surface area contributed by atoms with E-state index in [0.29, 0.717) is 0 Å². The Bertz CT molecular complexity index is 153. The van der Waals surface area contributed by atoms with Gasteiger partial charge in [-0.2, -0.15) is 0 Å². The van der Waals surface area contributed by atoms with E-state index in [1.165, 1.54) is 0 Å². The summed E-state index contributed by atoms with van der Waals surface area (Å²) in [7, 11) is 4.13. The van der Waals surface area contributed by atoms with Gasteiger partial charge in [0.1, 0.15) is 0 Å². The summed E-state index contributed by atoms with van der Waals surface area (Å²) in [6, 6.07) is 0. The summed E-state index contributed by atoms with van der Waals surface area (Å²) in [5, 5.41) is 12.7. The van der Waals surface area contributed by atoms with E-state index in [1.807, 2.05) is 0 Å². The van der Waals surface area contributed by atoms with Gasteiger partial charge in [0.25, 0.3) is 0 Å². The molecule has 1 saturated carbocycles. The largest absolute Gasteiger partial charge is 0.394 e. The van der Waals surface area contributed by atoms with Crippen molar-refractivity contribution in [3.63, 3.8) is 0 Å². The Balaban J connectivity index is 2.18. The zero-order valence-electron chi connectivity index (χ0n) is 9.01. The fourth-order valence-electron chi connectivity index (χ4n) is 2.15. The lowest BCUT2D eigenvalue weighted by Gasteiger charge is -2.46. The van der Waals surface area contributed by atoms with Crippen LogP contribution in [-0.4, -0.2) is 49.3 Å². The summed E-state index contributed by atoms with van der Waals surface area (Å²) >= 11 is 0. The second-order valence-electron chi connectivity index (χ2n) is 4.68. The van der Waals surface area contributed by atoms with Gasteiger partial charge in [-0.15, -0.1) is 0 Å². The number of aliphatic hydroxyl groups is 1. The molecule has 0 bridgehead atoms. The van der Waals surface area contributed by atoms with Gasteiger partial charge < -0.3 is 15.3 Å². The molecule has 1 aliphatic carbocycles. The molecule has 0 spiro atoms. The van der Waals surface area contributed by atoms with Gasteiger partial charge in [-0.05, 0) is 32.9 Å². The smallest absolute Gasteiger partial charge is 0.0613 e. The van der Waals surface area contributed by atoms with Crippen LogP contribution in [0.4, 0.5) is 0 Å². The van der Waals surface area contributed by atoms with E-state index < -0.39 is 0 Å². The van der Waals surface area contributed by atoms with E-state index in [0.717, 1.165) is 31.8 Å². The maximum Gasteiger partial charge on any atom is 0.0613 e. The number of likely N-dealkylation sites (N-methyl/N-ethyl adjacent to an activating group) is 1. The van der Waals surface area contributed by atoms with Crippen LogP contribution in [0.5, 0.6) is 0 Å². The second kappa shape index (κ2) is 4.40. The lowest BCUT2D eigenvalue weighted by molar-refractivity contribution is 0.0464. The molecule has 1 fully saturated rings. The summed E-state index contributed by atoms with van der Waals surface area (Å²) in [5.74, 6) is 0.777. The first-order valence-corrected chi connectivity index (χ1v) is 5.08. The number of rotatable bonds is 5. The molecule has 0 aliphatic heterocycles. The molecule has 0 amide bonds. The van der Waals surface area contributed by atoms with Gasteiger partial charge in [-0.3, -0.25) is 0 Å². The highest BCUT2D eigenvalue weighted by molar-refractivity contribution is 4.99. The minimum Gasteiger partial charge on any atom is -0.394 e. The summed E-state index contributed by atoms with van der Waals surface area (Å²) in [4.78, 5) is 2.15. The van der Waals surface area contributed by atoms with Crippen LogP contribution >= 0.6 is 0 Å². The number of hydrogen-bond donors (Lipinski definition) is 2. The van der Waals surface area contributed by atoms with Gasteiger partial charge in [0, 0.05) is 18.6 Å². The predicted octanol–water partition coefficient (Wildman–Crippen LogP) is 0.299. The van der Waals surface area contributed by atoms with Crippen LogP contribution in [0.25, 0.3) is 0 Å². The Morgan fingerprint density at radius 2 is 2.08 bits per heavy atom. The summed E-state index contributed by atoms with van der Waals surface area (Å²) in [5.41, 5.74) is 0.0510. The normalized spacial score (nSPS) is 33.5. The third-order valence-corrected chi connectivity index (χ3v) is 2.84. The molecule has 0 heterocycles. The first-order valence-electron chi connectivity index (χ1n) is 5.08. The molecule has 1 rings (SSSR count). The monoisotopic (exact) mass is 186 g/mol. The average molecular weight is 186 g/mol. The fourth-order valence-corrected chi connectivity index (χ4v) is 2.15. The van der Waals surface area contributed by atoms with Crippen LogP contribution in [0.1, 0.15) is 19.8 Å². The van der Waals surface area contributed by atoms with Crippen molar-refractivity contribution in [3.8, 4) is 0 Å². The molecule has 0 unspecified atom stereocenters. The Hall–Kier alpha value is -0.120. The molecular weight excluding hydrogens is 164 g/mol. The number of hydrogen-bond acceptors (Lipinski definition) is 3. The van der Waals surface area contributed by atoms with E-state index >= 15 is 0 Å². The Kier molecular flexibility index (Phi) is 3.71. The van der Waals surface area contributed by atoms with E-state index in [4.69, 9.17) is 0 Å². The summed E-state index contributed by atoms with van der Waals surface area (Å²) < 4.78 is 0. The molecule has 2 N–H and O–H groups in total. The zero-order chi connectivity index (χ0) is 9.90. The van der Waals surface area contributed by atoms with Gasteiger partial charge in [0.15, 0.2) is 0 Å². The molecule has 3 nitrogen and oxygen atoms in total. The van der Waals surface area contributed by atoms with Crippen molar-refractivity contribution >= 4 is 0 Å². The lowest BCUT2D eigenvalue weighted by Crippen LogP contribution is -2.58. The third-order valence-electron chi connectivity index (χ3n) is 2.84. The number of nitrogens with zero attached hydrogens (tertiary/aromatic N) is 1. The van der Waals surface area contributed by atoms with Crippen LogP contribution in [-0.2, 0) is 0 Å². The molecule has 0 aromatic carbocycles. The first-order chi connectivity index (χ1) is 6.08. The topological polar surface area (TPSA) is 35.5 Å². The van der Waals surface area contributed by atoms with Gasteiger partial charge in [-0.25, -0.2) is 0 Å². The van der Waals surface area contributed by atoms with Crippen LogP contribution in [0.3, 0.4) is 0 Å². The zero-order valence-corrected chi connectivity index (χ0v) is 9.01. The summed E-state index contributed by atoms with van der Waals surface area (Å²) in [6.07, 6.45) is 2.24. The highest BCUT2D eigenvalue weighted by Crippen LogP contribution is 2.36. The first kappa shape index (κ1) is 11.0. The van der Waals surface area contributed by atoms with E-state index in [-0.39, 0.29) is 12.1 Å². The SMILES string of the molecule is CC1CC(CO)(NCCN(C)C)C1. The molecule has 0 radical (unpaired) electrons. The minimum atomic E-state index is 0.0510. The van der Waals surface area contributed by atoms with Crippen molar-refractivity contribution < 1.29 is 5.11 Å². The Morgan fingerprint density at radius 1 is 1.46 bits per heavy atom. The molecule has 0 aromatic rings. The van der Waals surface area contributed by atoms with E-state index in [9.17, 15) is 5.11 Å². The van der Waals surface area contributed by atoms with Gasteiger partial charge in [0.2, 0.25) is 0 Å². The molecule has 1 aliphatic rings. The van der Waals surface area contributed by atoms with Crippen LogP contribution in [0.2, 0.25) is 0 Å². The van der Waals surface area contributed by atoms with Crippen molar-refractivity contribution in [1.82, 2.24) is 10.2 Å². The van der Waals surface area contributed by atoms with Crippen molar-refractivity contribution in [3.05, 3.63) is 0 Å². The van der Waals surface area contributed by atoms with E-state index in [2.05, 4.69) is 31.2 Å². The fraction of sp³-hybridized carbons (Fsp3) is 1.00.